The fourth-order valence-electron chi connectivity index (χ4n) is 9.13. The first-order valence-electron chi connectivity index (χ1n) is 19.1. The lowest BCUT2D eigenvalue weighted by Crippen LogP contribution is -2.45. The molecule has 0 spiro atoms. The Balaban J connectivity index is 1.66. The van der Waals surface area contributed by atoms with Crippen LogP contribution in [-0.4, -0.2) is 87.5 Å². The molecule has 14 nitrogen and oxygen atoms in total. The molecule has 14 heteroatoms. The maximum absolute atomic E-state index is 14.1. The highest BCUT2D eigenvalue weighted by molar-refractivity contribution is 6.27. The number of fused-ring (bicyclic) bond motifs is 8. The second-order valence-electron chi connectivity index (χ2n) is 15.1. The normalized spacial score (nSPS) is 26.1. The van der Waals surface area contributed by atoms with Crippen molar-refractivity contribution in [2.75, 3.05) is 35.5 Å². The summed E-state index contributed by atoms with van der Waals surface area (Å²) in [7, 11) is 6.45. The Morgan fingerprint density at radius 1 is 0.842 bits per heavy atom. The van der Waals surface area contributed by atoms with E-state index in [1.54, 1.807) is 25.2 Å². The first kappa shape index (κ1) is 41.0. The third kappa shape index (κ3) is 6.82. The summed E-state index contributed by atoms with van der Waals surface area (Å²) in [6, 6.07) is 0. The van der Waals surface area contributed by atoms with E-state index in [9.17, 15) is 24.0 Å². The molecule has 4 unspecified atom stereocenters. The van der Waals surface area contributed by atoms with Crippen molar-refractivity contribution < 1.29 is 47.7 Å². The molecule has 1 aliphatic carbocycles. The first-order valence-corrected chi connectivity index (χ1v) is 19.1. The number of rotatable bonds is 9. The topological polar surface area (TPSA) is 184 Å². The van der Waals surface area contributed by atoms with E-state index in [1.165, 1.54) is 35.5 Å². The minimum absolute atomic E-state index is 0.132. The minimum atomic E-state index is -1.17. The lowest BCUT2D eigenvalue weighted by molar-refractivity contribution is -0.149. The average Bonchev–Trinajstić information content (AvgIpc) is 3.88. The maximum Gasteiger partial charge on any atom is 0.334 e. The molecule has 1 N–H and O–H groups in total. The van der Waals surface area contributed by atoms with Crippen LogP contribution in [0.25, 0.3) is 6.08 Å². The first-order chi connectivity index (χ1) is 27.2. The number of hydrogen-bond acceptors (Lipinski definition) is 13. The van der Waals surface area contributed by atoms with Crippen LogP contribution in [0.2, 0.25) is 0 Å². The molecule has 6 rings (SSSR count). The van der Waals surface area contributed by atoms with Gasteiger partial charge < -0.3 is 28.7 Å². The molecule has 0 saturated carbocycles. The highest BCUT2D eigenvalue weighted by atomic mass is 16.5. The van der Waals surface area contributed by atoms with E-state index < -0.39 is 47.0 Å². The van der Waals surface area contributed by atoms with E-state index in [0.717, 1.165) is 22.5 Å². The summed E-state index contributed by atoms with van der Waals surface area (Å²) >= 11 is 0. The molecule has 5 aliphatic rings. The van der Waals surface area contributed by atoms with Crippen LogP contribution in [0.4, 0.5) is 0 Å². The molecule has 1 aromatic rings. The van der Waals surface area contributed by atoms with Crippen molar-refractivity contribution >= 4 is 53.1 Å². The summed E-state index contributed by atoms with van der Waals surface area (Å²) in [5.74, 6) is -6.75. The quantitative estimate of drug-likeness (QED) is 0.254. The number of nitrogens with one attached hydrogen (secondary N) is 1. The number of allylic oxidation sites excluding steroid dienone is 5. The van der Waals surface area contributed by atoms with Gasteiger partial charge in [0.1, 0.15) is 17.8 Å². The van der Waals surface area contributed by atoms with Crippen LogP contribution in [0.5, 0.6) is 0 Å². The number of aliphatic imine (C=N–C) groups is 3. The van der Waals surface area contributed by atoms with Gasteiger partial charge in [-0.25, -0.2) is 4.79 Å². The molecule has 0 aromatic carbocycles. The van der Waals surface area contributed by atoms with Crippen LogP contribution in [-0.2, 0) is 60.5 Å². The SMILES string of the molecule is CCc1c2[nH]c(c1C)C=C1N=C(C(C(=O)OC)C3=NC(=C(C)C3C(=O)OC)C=C3N=C(C2)C2(C)C3=CC=C(C(=O)OC)C2C(=O)OC)[C@@H](CCCC(=O)OC)[C@@H]1C. The van der Waals surface area contributed by atoms with E-state index in [2.05, 4.69) is 11.9 Å². The van der Waals surface area contributed by atoms with E-state index in [4.69, 9.17) is 38.7 Å². The molecule has 1 aromatic heterocycles. The van der Waals surface area contributed by atoms with Crippen molar-refractivity contribution in [3.8, 4) is 0 Å². The predicted molar refractivity (Wildman–Crippen MR) is 211 cm³/mol. The van der Waals surface area contributed by atoms with Gasteiger partial charge in [0.2, 0.25) is 0 Å². The van der Waals surface area contributed by atoms with Gasteiger partial charge in [-0.15, -0.1) is 0 Å². The highest BCUT2D eigenvalue weighted by Gasteiger charge is 2.56. The monoisotopic (exact) mass is 782 g/mol. The average molecular weight is 783 g/mol. The smallest absolute Gasteiger partial charge is 0.334 e. The standard InChI is InChI=1S/C43H50N4O10/c1-11-23-20(2)27-17-28-21(3)24(13-12-14-33(48)53-6)37(46-28)35(41(51)56-9)38-34(40(50)55-8)22(4)29(47-38)18-31-26-16-15-25(39(49)54-7)36(42(52)57-10)43(26,5)32(45-31)19-30(23)44-27/h15-18,21,24,34-36,44H,11-14,19H2,1-10H3/t21-,24-,34?,35?,36?,43?/m0/s1. The number of ether oxygens (including phenoxy) is 5. The van der Waals surface area contributed by atoms with Gasteiger partial charge in [-0.2, -0.15) is 0 Å². The molecule has 302 valence electrons. The van der Waals surface area contributed by atoms with Crippen molar-refractivity contribution in [2.24, 2.45) is 50.0 Å². The minimum Gasteiger partial charge on any atom is -0.469 e. The highest BCUT2D eigenvalue weighted by Crippen LogP contribution is 2.53. The number of nitrogens with zero attached hydrogens (tertiary/aromatic N) is 3. The number of hydrogen-bond donors (Lipinski definition) is 1. The molecular weight excluding hydrogens is 732 g/mol. The van der Waals surface area contributed by atoms with Crippen molar-refractivity contribution in [3.05, 3.63) is 74.6 Å². The van der Waals surface area contributed by atoms with E-state index in [-0.39, 0.29) is 35.5 Å². The molecule has 0 saturated heterocycles. The largest absolute Gasteiger partial charge is 0.469 e. The van der Waals surface area contributed by atoms with Crippen LogP contribution >= 0.6 is 0 Å². The van der Waals surface area contributed by atoms with Gasteiger partial charge in [-0.3, -0.25) is 34.2 Å². The van der Waals surface area contributed by atoms with Gasteiger partial charge >= 0.3 is 29.8 Å². The fourth-order valence-corrected chi connectivity index (χ4v) is 9.13. The van der Waals surface area contributed by atoms with Gasteiger partial charge in [0.25, 0.3) is 0 Å². The number of aromatic nitrogens is 1. The Morgan fingerprint density at radius 2 is 1.53 bits per heavy atom. The van der Waals surface area contributed by atoms with E-state index in [1.807, 2.05) is 26.8 Å². The van der Waals surface area contributed by atoms with E-state index in [0.29, 0.717) is 65.3 Å². The molecule has 0 fully saturated rings. The lowest BCUT2D eigenvalue weighted by atomic mass is 9.63. The molecule has 0 amide bonds. The van der Waals surface area contributed by atoms with Crippen LogP contribution in [0.1, 0.15) is 69.5 Å². The van der Waals surface area contributed by atoms with Gasteiger partial charge in [-0.05, 0) is 74.5 Å². The number of carbonyl (C=O) groups excluding carboxylic acids is 5. The third-order valence-electron chi connectivity index (χ3n) is 12.3. The number of H-pyrrole nitrogens is 1. The lowest BCUT2D eigenvalue weighted by Gasteiger charge is -2.37. The third-order valence-corrected chi connectivity index (χ3v) is 12.3. The summed E-state index contributed by atoms with van der Waals surface area (Å²) in [6.07, 6.45) is 9.19. The predicted octanol–water partition coefficient (Wildman–Crippen LogP) is 5.31. The zero-order valence-electron chi connectivity index (χ0n) is 34.2. The van der Waals surface area contributed by atoms with Crippen LogP contribution in [0.3, 0.4) is 0 Å². The molecule has 8 bridgehead atoms. The van der Waals surface area contributed by atoms with Crippen LogP contribution in [0.15, 0.2) is 67.0 Å². The summed E-state index contributed by atoms with van der Waals surface area (Å²) in [5, 5.41) is 0. The number of carbonyl (C=O) groups is 5. The Bertz CT molecular complexity index is 2190. The number of esters is 5. The Morgan fingerprint density at radius 3 is 2.16 bits per heavy atom. The van der Waals surface area contributed by atoms with Crippen molar-refractivity contribution in [1.29, 1.82) is 0 Å². The summed E-state index contributed by atoms with van der Waals surface area (Å²) in [5.41, 5.74) is 6.70. The molecule has 57 heavy (non-hydrogen) atoms. The second kappa shape index (κ2) is 16.1. The summed E-state index contributed by atoms with van der Waals surface area (Å²) in [6.45, 7) is 9.76. The van der Waals surface area contributed by atoms with Gasteiger partial charge in [-0.1, -0.05) is 26.0 Å². The van der Waals surface area contributed by atoms with E-state index >= 15 is 0 Å². The second-order valence-corrected chi connectivity index (χ2v) is 15.1. The maximum atomic E-state index is 14.1. The number of aromatic amines is 1. The van der Waals surface area contributed by atoms with Crippen molar-refractivity contribution in [2.45, 2.75) is 66.7 Å². The zero-order chi connectivity index (χ0) is 41.5. The summed E-state index contributed by atoms with van der Waals surface area (Å²) in [4.78, 5) is 86.0. The number of methoxy groups -OCH3 is 5. The van der Waals surface area contributed by atoms with Crippen LogP contribution < -0.4 is 0 Å². The molecule has 6 atom stereocenters. The molecule has 0 radical (unpaired) electrons. The van der Waals surface area contributed by atoms with Gasteiger partial charge in [0.15, 0.2) is 0 Å². The van der Waals surface area contributed by atoms with Gasteiger partial charge in [0.05, 0.1) is 63.6 Å². The summed E-state index contributed by atoms with van der Waals surface area (Å²) < 4.78 is 26.1. The molecular formula is C43H50N4O10. The Labute approximate surface area is 331 Å². The Hall–Kier alpha value is -5.66. The Kier molecular flexibility index (Phi) is 11.6. The zero-order valence-corrected chi connectivity index (χ0v) is 34.2. The molecule has 4 aliphatic heterocycles. The van der Waals surface area contributed by atoms with Crippen molar-refractivity contribution in [3.63, 3.8) is 0 Å². The van der Waals surface area contributed by atoms with Crippen molar-refractivity contribution in [1.82, 2.24) is 4.98 Å². The van der Waals surface area contributed by atoms with Gasteiger partial charge in [0, 0.05) is 53.2 Å². The molecule has 5 heterocycles. The fraction of sp³-hybridized carbons (Fsp3) is 0.488. The van der Waals surface area contributed by atoms with Crippen LogP contribution in [0, 0.1) is 41.9 Å².